The lowest BCUT2D eigenvalue weighted by Gasteiger charge is -2.61. The molecule has 65 heavy (non-hydrogen) atoms. The minimum absolute atomic E-state index is 0.0267. The third-order valence-corrected chi connectivity index (χ3v) is 21.7. The standard InChI is InChI=1S/C27H45NO3.C24H40O2.C5H11NO2/c1-18(8-13-24(29)28(4)17-25(30)31)21-11-12-22-20-10-9-19-7-5-6-15-26(19,2)23(20)14-16-27(21,22)3;1-16(7-12-22(25)26)19-10-11-20-18-9-8-17-6-4-5-14-23(17,2)21(18)13-15-24(19,20)3;1-3-8-5(7)4-6-2/h18-23H,5-17H2,1-4H3,(H,30,31);16-21H,4-15H2,1-3H3,(H,25,26);6H,3-4H2,1-2H3/t18-,19+,20+,21-,22+,23+,26+,27-;16-,17+,18+,19-,20+,21+,23+,24-;/m11./s1. The second-order valence-corrected chi connectivity index (χ2v) is 24.7. The van der Waals surface area contributed by atoms with Crippen LogP contribution in [-0.4, -0.2) is 72.7 Å². The molecule has 0 aromatic rings. The predicted molar refractivity (Wildman–Crippen MR) is 260 cm³/mol. The molecule has 8 saturated carbocycles. The summed E-state index contributed by atoms with van der Waals surface area (Å²) < 4.78 is 4.58. The highest BCUT2D eigenvalue weighted by Crippen LogP contribution is 2.70. The van der Waals surface area contributed by atoms with Crippen molar-refractivity contribution >= 4 is 23.8 Å². The number of hydrogen-bond donors (Lipinski definition) is 3. The molecule has 0 aromatic carbocycles. The van der Waals surface area contributed by atoms with Crippen LogP contribution in [0.5, 0.6) is 0 Å². The fourth-order valence-corrected chi connectivity index (χ4v) is 18.5. The quantitative estimate of drug-likeness (QED) is 0.156. The molecule has 0 spiro atoms. The zero-order valence-corrected chi connectivity index (χ0v) is 42.9. The molecule has 8 fully saturated rings. The first-order valence-electron chi connectivity index (χ1n) is 27.3. The van der Waals surface area contributed by atoms with E-state index >= 15 is 0 Å². The average molecular weight is 909 g/mol. The van der Waals surface area contributed by atoms with E-state index < -0.39 is 11.9 Å². The normalized spacial score (nSPS) is 41.1. The molecule has 372 valence electrons. The second kappa shape index (κ2) is 22.1. The molecule has 0 bridgehead atoms. The highest BCUT2D eigenvalue weighted by Gasteiger charge is 2.61. The number of nitrogens with one attached hydrogen (secondary N) is 1. The number of carbonyl (C=O) groups excluding carboxylic acids is 2. The summed E-state index contributed by atoms with van der Waals surface area (Å²) in [6.45, 7) is 17.6. The molecule has 9 heteroatoms. The first-order valence-corrected chi connectivity index (χ1v) is 27.3. The van der Waals surface area contributed by atoms with E-state index in [9.17, 15) is 19.2 Å². The maximum Gasteiger partial charge on any atom is 0.323 e. The number of ether oxygens (including phenoxy) is 1. The van der Waals surface area contributed by atoms with E-state index in [-0.39, 0.29) is 18.4 Å². The fourth-order valence-electron chi connectivity index (χ4n) is 18.5. The van der Waals surface area contributed by atoms with Crippen molar-refractivity contribution in [2.75, 3.05) is 33.8 Å². The number of esters is 1. The van der Waals surface area contributed by atoms with Gasteiger partial charge in [0.2, 0.25) is 5.91 Å². The second-order valence-electron chi connectivity index (χ2n) is 24.7. The third kappa shape index (κ3) is 11.0. The SMILES string of the molecule is CCOC(=O)CNC.C[C@H](CCC(=O)N(C)CC(=O)O)[C@H]1CC[C@H]2[C@@H]3CC[C@@H]4CCCC[C@]4(C)[C@H]3CC[C@]12C.C[C@H](CCC(=O)O)[C@H]1CC[C@H]2[C@@H]3CC[C@@H]4CCCC[C@]4(C)[C@H]3CC[C@]12C. The summed E-state index contributed by atoms with van der Waals surface area (Å²) in [4.78, 5) is 46.0. The van der Waals surface area contributed by atoms with Gasteiger partial charge in [0.1, 0.15) is 6.54 Å². The van der Waals surface area contributed by atoms with Gasteiger partial charge in [-0.15, -0.1) is 0 Å². The minimum atomic E-state index is -0.937. The van der Waals surface area contributed by atoms with Gasteiger partial charge in [0.15, 0.2) is 0 Å². The Balaban J connectivity index is 0.000000187. The van der Waals surface area contributed by atoms with Gasteiger partial charge < -0.3 is 25.2 Å². The molecule has 3 N–H and O–H groups in total. The highest BCUT2D eigenvalue weighted by atomic mass is 16.5. The van der Waals surface area contributed by atoms with Crippen molar-refractivity contribution in [1.82, 2.24) is 10.2 Å². The lowest BCUT2D eigenvalue weighted by molar-refractivity contribution is -0.143. The van der Waals surface area contributed by atoms with Crippen LogP contribution in [0.25, 0.3) is 0 Å². The number of aliphatic carboxylic acids is 2. The molecule has 8 aliphatic rings. The smallest absolute Gasteiger partial charge is 0.323 e. The van der Waals surface area contributed by atoms with Crippen LogP contribution < -0.4 is 5.32 Å². The number of carboxylic acids is 2. The minimum Gasteiger partial charge on any atom is -0.481 e. The van der Waals surface area contributed by atoms with E-state index in [1.54, 1.807) is 21.0 Å². The van der Waals surface area contributed by atoms with E-state index in [4.69, 9.17) is 10.2 Å². The maximum atomic E-state index is 12.4. The Morgan fingerprint density at radius 1 is 0.600 bits per heavy atom. The molecule has 16 atom stereocenters. The predicted octanol–water partition coefficient (Wildman–Crippen LogP) is 12.3. The monoisotopic (exact) mass is 909 g/mol. The summed E-state index contributed by atoms with van der Waals surface area (Å²) in [6, 6.07) is 0. The highest BCUT2D eigenvalue weighted by molar-refractivity contribution is 5.81. The van der Waals surface area contributed by atoms with Gasteiger partial charge in [-0.3, -0.25) is 19.2 Å². The van der Waals surface area contributed by atoms with Crippen LogP contribution in [-0.2, 0) is 23.9 Å². The zero-order chi connectivity index (χ0) is 47.3. The molecular weight excluding hydrogens is 813 g/mol. The zero-order valence-electron chi connectivity index (χ0n) is 42.9. The number of amides is 1. The number of fused-ring (bicyclic) bond motifs is 10. The van der Waals surface area contributed by atoms with Gasteiger partial charge in [0.25, 0.3) is 0 Å². The van der Waals surface area contributed by atoms with Crippen molar-refractivity contribution in [2.24, 2.45) is 92.7 Å². The van der Waals surface area contributed by atoms with Gasteiger partial charge in [0, 0.05) is 19.9 Å². The van der Waals surface area contributed by atoms with Crippen LogP contribution >= 0.6 is 0 Å². The largest absolute Gasteiger partial charge is 0.481 e. The van der Waals surface area contributed by atoms with Crippen molar-refractivity contribution < 1.29 is 34.1 Å². The summed E-state index contributed by atoms with van der Waals surface area (Å²) in [5.41, 5.74) is 2.16. The van der Waals surface area contributed by atoms with Gasteiger partial charge in [0.05, 0.1) is 13.2 Å². The number of likely N-dealkylation sites (N-methyl/N-ethyl adjacent to an activating group) is 2. The van der Waals surface area contributed by atoms with Gasteiger partial charge in [-0.2, -0.15) is 0 Å². The Hall–Kier alpha value is -2.16. The Morgan fingerprint density at radius 3 is 1.49 bits per heavy atom. The van der Waals surface area contributed by atoms with Gasteiger partial charge in [-0.05, 0) is 222 Å². The van der Waals surface area contributed by atoms with Crippen LogP contribution in [0.3, 0.4) is 0 Å². The molecule has 8 aliphatic carbocycles. The van der Waals surface area contributed by atoms with E-state index in [0.29, 0.717) is 65.4 Å². The molecular formula is C56H96N2O7. The molecule has 0 unspecified atom stereocenters. The summed E-state index contributed by atoms with van der Waals surface area (Å²) in [6.07, 6.45) is 31.4. The lowest BCUT2D eigenvalue weighted by Crippen LogP contribution is -2.53. The number of nitrogens with zero attached hydrogens (tertiary/aromatic N) is 1. The molecule has 0 aromatic heterocycles. The summed E-state index contributed by atoms with van der Waals surface area (Å²) in [5, 5.41) is 20.7. The molecule has 1 amide bonds. The van der Waals surface area contributed by atoms with Crippen molar-refractivity contribution in [3.8, 4) is 0 Å². The first kappa shape index (κ1) is 52.2. The Bertz CT molecular complexity index is 1610. The van der Waals surface area contributed by atoms with E-state index in [1.165, 1.54) is 133 Å². The van der Waals surface area contributed by atoms with Gasteiger partial charge in [-0.1, -0.05) is 67.2 Å². The van der Waals surface area contributed by atoms with Crippen molar-refractivity contribution in [3.05, 3.63) is 0 Å². The molecule has 0 radical (unpaired) electrons. The van der Waals surface area contributed by atoms with Gasteiger partial charge >= 0.3 is 17.9 Å². The van der Waals surface area contributed by atoms with E-state index in [0.717, 1.165) is 66.1 Å². The number of carbonyl (C=O) groups is 4. The first-order chi connectivity index (χ1) is 30.8. The fraction of sp³-hybridized carbons (Fsp3) is 0.929. The Morgan fingerprint density at radius 2 is 1.06 bits per heavy atom. The molecule has 0 aliphatic heterocycles. The Labute approximate surface area is 395 Å². The van der Waals surface area contributed by atoms with Gasteiger partial charge in [-0.25, -0.2) is 0 Å². The number of carboxylic acid groups (broad SMARTS) is 2. The number of rotatable bonds is 13. The van der Waals surface area contributed by atoms with Crippen molar-refractivity contribution in [3.63, 3.8) is 0 Å². The van der Waals surface area contributed by atoms with Crippen LogP contribution in [0.1, 0.15) is 203 Å². The molecule has 0 heterocycles. The van der Waals surface area contributed by atoms with E-state index in [1.807, 2.05) is 0 Å². The lowest BCUT2D eigenvalue weighted by atomic mass is 9.44. The van der Waals surface area contributed by atoms with Crippen LogP contribution in [0, 0.1) is 92.7 Å². The maximum absolute atomic E-state index is 12.4. The summed E-state index contributed by atoms with van der Waals surface area (Å²) >= 11 is 0. The van der Waals surface area contributed by atoms with Crippen molar-refractivity contribution in [2.45, 2.75) is 203 Å². The summed E-state index contributed by atoms with van der Waals surface area (Å²) in [5.74, 6) is 8.40. The van der Waals surface area contributed by atoms with Crippen LogP contribution in [0.15, 0.2) is 0 Å². The molecule has 8 rings (SSSR count). The van der Waals surface area contributed by atoms with Crippen LogP contribution in [0.2, 0.25) is 0 Å². The van der Waals surface area contributed by atoms with Crippen LogP contribution in [0.4, 0.5) is 0 Å². The Kier molecular flexibility index (Phi) is 17.7. The van der Waals surface area contributed by atoms with Crippen molar-refractivity contribution in [1.29, 1.82) is 0 Å². The average Bonchev–Trinajstić information content (AvgIpc) is 3.81. The molecule has 0 saturated heterocycles. The molecule has 9 nitrogen and oxygen atoms in total. The van der Waals surface area contributed by atoms with E-state index in [2.05, 4.69) is 51.6 Å². The third-order valence-electron chi connectivity index (χ3n) is 21.7. The topological polar surface area (TPSA) is 133 Å². The summed E-state index contributed by atoms with van der Waals surface area (Å²) in [7, 11) is 3.31. The number of hydrogen-bond acceptors (Lipinski definition) is 6.